The number of carbonyl (C=O) groups is 2. The van der Waals surface area contributed by atoms with E-state index in [1.807, 2.05) is 21.1 Å². The standard InChI is InChI=1S/C38H76NO8P/c1-6-8-10-12-14-16-18-19-21-22-24-26-28-30-37(40)44-34-36(35-46-48(42,43)45-33-32-39(3,4)5)47-38(41)31-29-27-25-23-20-17-15-13-11-9-7-2/h36H,6-35H2,1-5H3/p+1. The molecule has 0 fully saturated rings. The van der Waals surface area contributed by atoms with E-state index in [4.69, 9.17) is 18.5 Å². The largest absolute Gasteiger partial charge is 0.472 e. The van der Waals surface area contributed by atoms with E-state index in [9.17, 15) is 19.0 Å². The van der Waals surface area contributed by atoms with Gasteiger partial charge in [0.15, 0.2) is 6.10 Å². The third-order valence-electron chi connectivity index (χ3n) is 8.64. The minimum atomic E-state index is -4.36. The lowest BCUT2D eigenvalue weighted by molar-refractivity contribution is -0.870. The molecular weight excluding hydrogens is 629 g/mol. The van der Waals surface area contributed by atoms with Crippen molar-refractivity contribution in [2.24, 2.45) is 0 Å². The number of quaternary nitrogens is 1. The third kappa shape index (κ3) is 34.9. The molecule has 48 heavy (non-hydrogen) atoms. The average molecular weight is 707 g/mol. The Morgan fingerprint density at radius 1 is 0.562 bits per heavy atom. The second-order valence-electron chi connectivity index (χ2n) is 14.7. The van der Waals surface area contributed by atoms with Gasteiger partial charge in [0.1, 0.15) is 19.8 Å². The second kappa shape index (κ2) is 32.0. The summed E-state index contributed by atoms with van der Waals surface area (Å²) in [6.07, 6.45) is 28.6. The van der Waals surface area contributed by atoms with E-state index in [-0.39, 0.29) is 25.6 Å². The molecule has 0 amide bonds. The fourth-order valence-corrected chi connectivity index (χ4v) is 6.23. The summed E-state index contributed by atoms with van der Waals surface area (Å²) in [7, 11) is 1.49. The number of hydrogen-bond acceptors (Lipinski definition) is 7. The van der Waals surface area contributed by atoms with Crippen LogP contribution in [0.25, 0.3) is 0 Å². The van der Waals surface area contributed by atoms with Crippen LogP contribution in [0.2, 0.25) is 0 Å². The zero-order valence-electron chi connectivity index (χ0n) is 32.0. The summed E-state index contributed by atoms with van der Waals surface area (Å²) in [5, 5.41) is 0. The molecule has 0 aliphatic carbocycles. The molecule has 2 atom stereocenters. The SMILES string of the molecule is CCCCCCCCCCCCCCCC(=O)OCC(COP(=O)(O)OCC[N+](C)(C)C)OC(=O)CCCCCCCCCCCCC. The Kier molecular flexibility index (Phi) is 31.3. The quantitative estimate of drug-likeness (QED) is 0.0297. The van der Waals surface area contributed by atoms with E-state index >= 15 is 0 Å². The van der Waals surface area contributed by atoms with Gasteiger partial charge in [-0.25, -0.2) is 4.57 Å². The van der Waals surface area contributed by atoms with Gasteiger partial charge in [-0.2, -0.15) is 0 Å². The molecule has 1 N–H and O–H groups in total. The van der Waals surface area contributed by atoms with E-state index in [2.05, 4.69) is 13.8 Å². The molecule has 0 heterocycles. The van der Waals surface area contributed by atoms with Crippen molar-refractivity contribution in [3.05, 3.63) is 0 Å². The molecular formula is C38H77NO8P+. The molecule has 0 aromatic carbocycles. The van der Waals surface area contributed by atoms with Gasteiger partial charge >= 0.3 is 19.8 Å². The van der Waals surface area contributed by atoms with Crippen molar-refractivity contribution in [1.29, 1.82) is 0 Å². The van der Waals surface area contributed by atoms with E-state index in [0.717, 1.165) is 32.1 Å². The lowest BCUT2D eigenvalue weighted by Gasteiger charge is -2.24. The molecule has 0 aromatic rings. The van der Waals surface area contributed by atoms with Crippen LogP contribution >= 0.6 is 7.82 Å². The summed E-state index contributed by atoms with van der Waals surface area (Å²) in [4.78, 5) is 35.1. The van der Waals surface area contributed by atoms with Crippen molar-refractivity contribution < 1.29 is 42.1 Å². The molecule has 0 aliphatic heterocycles. The monoisotopic (exact) mass is 707 g/mol. The van der Waals surface area contributed by atoms with Crippen molar-refractivity contribution in [2.45, 2.75) is 187 Å². The number of rotatable bonds is 36. The highest BCUT2D eigenvalue weighted by molar-refractivity contribution is 7.47. The van der Waals surface area contributed by atoms with Gasteiger partial charge in [0.05, 0.1) is 27.7 Å². The van der Waals surface area contributed by atoms with Gasteiger partial charge < -0.3 is 18.9 Å². The normalized spacial score (nSPS) is 13.7. The minimum absolute atomic E-state index is 0.0364. The topological polar surface area (TPSA) is 108 Å². The molecule has 0 aliphatic rings. The predicted molar refractivity (Wildman–Crippen MR) is 197 cm³/mol. The number of unbranched alkanes of at least 4 members (excludes halogenated alkanes) is 22. The first-order chi connectivity index (χ1) is 23.0. The highest BCUT2D eigenvalue weighted by Crippen LogP contribution is 2.43. The number of phosphoric ester groups is 1. The number of esters is 2. The van der Waals surface area contributed by atoms with Crippen LogP contribution in [0.5, 0.6) is 0 Å². The first-order valence-electron chi connectivity index (χ1n) is 19.8. The maximum atomic E-state index is 12.6. The maximum absolute atomic E-state index is 12.6. The third-order valence-corrected chi connectivity index (χ3v) is 9.62. The Labute approximate surface area is 295 Å². The first-order valence-corrected chi connectivity index (χ1v) is 21.3. The summed E-state index contributed by atoms with van der Waals surface area (Å²) in [5.74, 6) is -0.790. The Morgan fingerprint density at radius 2 is 0.938 bits per heavy atom. The van der Waals surface area contributed by atoms with Gasteiger partial charge in [-0.3, -0.25) is 18.6 Å². The molecule has 286 valence electrons. The van der Waals surface area contributed by atoms with Crippen LogP contribution in [0.3, 0.4) is 0 Å². The Bertz CT molecular complexity index is 804. The molecule has 0 spiro atoms. The fraction of sp³-hybridized carbons (Fsp3) is 0.947. The van der Waals surface area contributed by atoms with Gasteiger partial charge in [0.2, 0.25) is 0 Å². The summed E-state index contributed by atoms with van der Waals surface area (Å²) >= 11 is 0. The van der Waals surface area contributed by atoms with Crippen LogP contribution in [0, 0.1) is 0 Å². The highest BCUT2D eigenvalue weighted by atomic mass is 31.2. The number of ether oxygens (including phenoxy) is 2. The second-order valence-corrected chi connectivity index (χ2v) is 16.1. The molecule has 0 rings (SSSR count). The smallest absolute Gasteiger partial charge is 0.462 e. The molecule has 0 saturated carbocycles. The molecule has 0 radical (unpaired) electrons. The summed E-state index contributed by atoms with van der Waals surface area (Å²) < 4.78 is 34.2. The van der Waals surface area contributed by atoms with Crippen molar-refractivity contribution in [2.75, 3.05) is 47.5 Å². The number of carbonyl (C=O) groups excluding carboxylic acids is 2. The predicted octanol–water partition coefficient (Wildman–Crippen LogP) is 10.5. The van der Waals surface area contributed by atoms with Crippen LogP contribution in [0.4, 0.5) is 0 Å². The Hall–Kier alpha value is -0.990. The van der Waals surface area contributed by atoms with Crippen molar-refractivity contribution >= 4 is 19.8 Å². The van der Waals surface area contributed by atoms with Gasteiger partial charge in [0.25, 0.3) is 0 Å². The zero-order valence-corrected chi connectivity index (χ0v) is 32.9. The van der Waals surface area contributed by atoms with E-state index in [1.165, 1.54) is 116 Å². The Balaban J connectivity index is 4.39. The number of hydrogen-bond donors (Lipinski definition) is 1. The number of nitrogens with zero attached hydrogens (tertiary/aromatic N) is 1. The van der Waals surface area contributed by atoms with Crippen LogP contribution in [0.1, 0.15) is 181 Å². The van der Waals surface area contributed by atoms with E-state index in [1.54, 1.807) is 0 Å². The van der Waals surface area contributed by atoms with Crippen molar-refractivity contribution in [1.82, 2.24) is 0 Å². The van der Waals surface area contributed by atoms with E-state index in [0.29, 0.717) is 23.9 Å². The van der Waals surface area contributed by atoms with Crippen LogP contribution in [-0.4, -0.2) is 74.9 Å². The highest BCUT2D eigenvalue weighted by Gasteiger charge is 2.27. The van der Waals surface area contributed by atoms with Crippen molar-refractivity contribution in [3.63, 3.8) is 0 Å². The summed E-state index contributed by atoms with van der Waals surface area (Å²) in [6.45, 7) is 4.42. The van der Waals surface area contributed by atoms with Gasteiger partial charge in [-0.05, 0) is 12.8 Å². The van der Waals surface area contributed by atoms with Crippen LogP contribution in [-0.2, 0) is 32.7 Å². The van der Waals surface area contributed by atoms with Crippen LogP contribution in [0.15, 0.2) is 0 Å². The molecule has 10 heteroatoms. The number of likely N-dealkylation sites (N-methyl/N-ethyl adjacent to an activating group) is 1. The van der Waals surface area contributed by atoms with E-state index < -0.39 is 26.5 Å². The van der Waals surface area contributed by atoms with Gasteiger partial charge in [-0.1, -0.05) is 155 Å². The fourth-order valence-electron chi connectivity index (χ4n) is 5.48. The molecule has 0 aromatic heterocycles. The van der Waals surface area contributed by atoms with Gasteiger partial charge in [0, 0.05) is 12.8 Å². The summed E-state index contributed by atoms with van der Waals surface area (Å²) in [5.41, 5.74) is 0. The molecule has 0 bridgehead atoms. The molecule has 2 unspecified atom stereocenters. The average Bonchev–Trinajstić information content (AvgIpc) is 3.02. The maximum Gasteiger partial charge on any atom is 0.472 e. The van der Waals surface area contributed by atoms with Crippen molar-refractivity contribution in [3.8, 4) is 0 Å². The lowest BCUT2D eigenvalue weighted by Crippen LogP contribution is -2.37. The molecule has 9 nitrogen and oxygen atoms in total. The number of phosphoric acid groups is 1. The lowest BCUT2D eigenvalue weighted by atomic mass is 10.0. The van der Waals surface area contributed by atoms with Crippen LogP contribution < -0.4 is 0 Å². The summed E-state index contributed by atoms with van der Waals surface area (Å²) in [6, 6.07) is 0. The minimum Gasteiger partial charge on any atom is -0.462 e. The molecule has 0 saturated heterocycles. The zero-order chi connectivity index (χ0) is 35.8. The first kappa shape index (κ1) is 47.0. The van der Waals surface area contributed by atoms with Gasteiger partial charge in [-0.15, -0.1) is 0 Å². The Morgan fingerprint density at radius 3 is 1.33 bits per heavy atom.